The second kappa shape index (κ2) is 11.8. The highest BCUT2D eigenvalue weighted by Gasteiger charge is 2.32. The number of carbonyl (C=O) groups is 1. The summed E-state index contributed by atoms with van der Waals surface area (Å²) >= 11 is 3.63. The third-order valence-corrected chi connectivity index (χ3v) is 8.90. The molecule has 3 aromatic carbocycles. The van der Waals surface area contributed by atoms with Gasteiger partial charge in [-0.05, 0) is 67.3 Å². The van der Waals surface area contributed by atoms with Gasteiger partial charge in [0.05, 0.1) is 23.5 Å². The number of carbonyl (C=O) groups excluding carboxylic acids is 1. The molecule has 1 aromatic heterocycles. The van der Waals surface area contributed by atoms with Gasteiger partial charge >= 0.3 is 0 Å². The molecule has 1 atom stereocenters. The highest BCUT2D eigenvalue weighted by atomic mass is 79.9. The molecule has 2 fully saturated rings. The highest BCUT2D eigenvalue weighted by Crippen LogP contribution is 2.30. The number of halogens is 1. The van der Waals surface area contributed by atoms with Crippen LogP contribution in [0.15, 0.2) is 77.3 Å². The molecular formula is C33H38BrN5O. The number of piperazine rings is 1. The van der Waals surface area contributed by atoms with Crippen LogP contribution in [0.1, 0.15) is 44.0 Å². The molecule has 6 rings (SSSR count). The molecule has 0 spiro atoms. The first-order valence-corrected chi connectivity index (χ1v) is 15.3. The zero-order valence-electron chi connectivity index (χ0n) is 23.5. The van der Waals surface area contributed by atoms with Crippen LogP contribution in [0, 0.1) is 5.92 Å². The minimum atomic E-state index is 0.0481. The summed E-state index contributed by atoms with van der Waals surface area (Å²) in [6, 6.07) is 25.4. The molecule has 2 aliphatic heterocycles. The summed E-state index contributed by atoms with van der Waals surface area (Å²) in [5, 5.41) is 0. The zero-order valence-corrected chi connectivity index (χ0v) is 25.1. The lowest BCUT2D eigenvalue weighted by Crippen LogP contribution is -2.52. The number of benzene rings is 3. The molecule has 0 unspecified atom stereocenters. The van der Waals surface area contributed by atoms with E-state index in [0.717, 1.165) is 85.7 Å². The molecule has 2 aliphatic rings. The van der Waals surface area contributed by atoms with Crippen molar-refractivity contribution >= 4 is 38.6 Å². The molecule has 7 heteroatoms. The number of nitrogens with zero attached hydrogens (tertiary/aromatic N) is 5. The third kappa shape index (κ3) is 5.54. The Morgan fingerprint density at radius 1 is 0.950 bits per heavy atom. The van der Waals surface area contributed by atoms with Gasteiger partial charge in [-0.3, -0.25) is 14.3 Å². The number of rotatable bonds is 6. The maximum Gasteiger partial charge on any atom is 0.227 e. The summed E-state index contributed by atoms with van der Waals surface area (Å²) in [7, 11) is 0. The van der Waals surface area contributed by atoms with Crippen molar-refractivity contribution in [2.24, 2.45) is 5.92 Å². The van der Waals surface area contributed by atoms with Crippen molar-refractivity contribution in [1.29, 1.82) is 0 Å². The highest BCUT2D eigenvalue weighted by molar-refractivity contribution is 9.10. The summed E-state index contributed by atoms with van der Waals surface area (Å²) in [5.41, 5.74) is 5.91. The van der Waals surface area contributed by atoms with Gasteiger partial charge in [0.2, 0.25) is 5.91 Å². The van der Waals surface area contributed by atoms with Gasteiger partial charge in [0, 0.05) is 48.6 Å². The fourth-order valence-electron chi connectivity index (χ4n) is 6.38. The molecular weight excluding hydrogens is 562 g/mol. The molecule has 208 valence electrons. The van der Waals surface area contributed by atoms with Crippen LogP contribution >= 0.6 is 15.9 Å². The van der Waals surface area contributed by atoms with E-state index in [9.17, 15) is 4.79 Å². The predicted molar refractivity (Wildman–Crippen MR) is 166 cm³/mol. The molecule has 3 heterocycles. The van der Waals surface area contributed by atoms with E-state index in [1.165, 1.54) is 11.3 Å². The Kier molecular flexibility index (Phi) is 7.94. The lowest BCUT2D eigenvalue weighted by Gasteiger charge is -2.40. The van der Waals surface area contributed by atoms with Crippen LogP contribution in [0.5, 0.6) is 0 Å². The molecule has 0 radical (unpaired) electrons. The van der Waals surface area contributed by atoms with Crippen LogP contribution in [0.25, 0.3) is 16.7 Å². The standard InChI is InChI=1S/C33H38BrN5O/c1-24(2)28-12-3-5-14-30(28)37-17-19-38(20-18-37)33(40)25-9-8-16-36(22-25)23-32-35-29-13-4-6-15-31(29)39(32)27-11-7-10-26(34)21-27/h3-7,10-15,21,24-25H,8-9,16-20,22-23H2,1-2H3/t25-/m0/s1. The lowest BCUT2D eigenvalue weighted by atomic mass is 9.96. The molecule has 0 saturated carbocycles. The second-order valence-electron chi connectivity index (χ2n) is 11.4. The quantitative estimate of drug-likeness (QED) is 0.255. The Morgan fingerprint density at radius 2 is 1.73 bits per heavy atom. The van der Waals surface area contributed by atoms with Gasteiger partial charge in [-0.25, -0.2) is 4.98 Å². The summed E-state index contributed by atoms with van der Waals surface area (Å²) in [6.07, 6.45) is 2.00. The predicted octanol–water partition coefficient (Wildman–Crippen LogP) is 6.47. The van der Waals surface area contributed by atoms with Crippen LogP contribution in [-0.4, -0.2) is 64.5 Å². The normalized spacial score (nSPS) is 18.6. The number of piperidine rings is 1. The van der Waals surface area contributed by atoms with E-state index in [1.807, 2.05) is 12.1 Å². The first-order valence-electron chi connectivity index (χ1n) is 14.6. The largest absolute Gasteiger partial charge is 0.368 e. The lowest BCUT2D eigenvalue weighted by molar-refractivity contribution is -0.137. The monoisotopic (exact) mass is 599 g/mol. The zero-order chi connectivity index (χ0) is 27.6. The smallest absolute Gasteiger partial charge is 0.227 e. The number of amides is 1. The molecule has 0 aliphatic carbocycles. The minimum absolute atomic E-state index is 0.0481. The number of anilines is 1. The van der Waals surface area contributed by atoms with Crippen molar-refractivity contribution in [3.63, 3.8) is 0 Å². The van der Waals surface area contributed by atoms with Crippen LogP contribution in [0.4, 0.5) is 5.69 Å². The SMILES string of the molecule is CC(C)c1ccccc1N1CCN(C(=O)[C@H]2CCCN(Cc3nc4ccccc4n3-c3cccc(Br)c3)C2)CC1. The van der Waals surface area contributed by atoms with E-state index in [4.69, 9.17) is 4.98 Å². The number of para-hydroxylation sites is 3. The van der Waals surface area contributed by atoms with E-state index < -0.39 is 0 Å². The maximum absolute atomic E-state index is 13.7. The van der Waals surface area contributed by atoms with Gasteiger partial charge in [-0.2, -0.15) is 0 Å². The third-order valence-electron chi connectivity index (χ3n) is 8.41. The topological polar surface area (TPSA) is 44.6 Å². The van der Waals surface area contributed by atoms with Crippen LogP contribution in [0.3, 0.4) is 0 Å². The second-order valence-corrected chi connectivity index (χ2v) is 12.3. The van der Waals surface area contributed by atoms with Gasteiger partial charge in [0.25, 0.3) is 0 Å². The summed E-state index contributed by atoms with van der Waals surface area (Å²) < 4.78 is 3.31. The van der Waals surface area contributed by atoms with Gasteiger partial charge in [0.1, 0.15) is 5.82 Å². The summed E-state index contributed by atoms with van der Waals surface area (Å²) in [5.74, 6) is 1.87. The van der Waals surface area contributed by atoms with Crippen molar-refractivity contribution in [2.45, 2.75) is 39.2 Å². The van der Waals surface area contributed by atoms with Crippen LogP contribution < -0.4 is 4.90 Å². The van der Waals surface area contributed by atoms with E-state index in [-0.39, 0.29) is 5.92 Å². The summed E-state index contributed by atoms with van der Waals surface area (Å²) in [6.45, 7) is 10.4. The van der Waals surface area contributed by atoms with Gasteiger partial charge < -0.3 is 9.80 Å². The minimum Gasteiger partial charge on any atom is -0.368 e. The molecule has 0 N–H and O–H groups in total. The molecule has 4 aromatic rings. The van der Waals surface area contributed by atoms with Gasteiger partial charge in [-0.1, -0.05) is 66.2 Å². The average molecular weight is 601 g/mol. The number of hydrogen-bond donors (Lipinski definition) is 0. The number of aromatic nitrogens is 2. The number of likely N-dealkylation sites (tertiary alicyclic amines) is 1. The van der Waals surface area contributed by atoms with Crippen molar-refractivity contribution in [3.8, 4) is 5.69 Å². The van der Waals surface area contributed by atoms with Crippen LogP contribution in [0.2, 0.25) is 0 Å². The van der Waals surface area contributed by atoms with E-state index in [0.29, 0.717) is 11.8 Å². The van der Waals surface area contributed by atoms with Crippen molar-refractivity contribution < 1.29 is 4.79 Å². The van der Waals surface area contributed by atoms with Crippen molar-refractivity contribution in [2.75, 3.05) is 44.2 Å². The molecule has 6 nitrogen and oxygen atoms in total. The number of hydrogen-bond acceptors (Lipinski definition) is 4. The molecule has 1 amide bonds. The number of fused-ring (bicyclic) bond motifs is 1. The van der Waals surface area contributed by atoms with Crippen molar-refractivity contribution in [1.82, 2.24) is 19.4 Å². The van der Waals surface area contributed by atoms with Gasteiger partial charge in [0.15, 0.2) is 0 Å². The Hall–Kier alpha value is -3.16. The Morgan fingerprint density at radius 3 is 2.52 bits per heavy atom. The summed E-state index contributed by atoms with van der Waals surface area (Å²) in [4.78, 5) is 25.7. The van der Waals surface area contributed by atoms with Crippen molar-refractivity contribution in [3.05, 3.63) is 88.7 Å². The fourth-order valence-corrected chi connectivity index (χ4v) is 6.76. The fraction of sp³-hybridized carbons (Fsp3) is 0.394. The Bertz CT molecular complexity index is 1490. The number of imidazole rings is 1. The Balaban J connectivity index is 1.14. The molecule has 2 saturated heterocycles. The average Bonchev–Trinajstić information content (AvgIpc) is 3.34. The Labute approximate surface area is 245 Å². The first-order chi connectivity index (χ1) is 19.5. The van der Waals surface area contributed by atoms with E-state index >= 15 is 0 Å². The maximum atomic E-state index is 13.7. The molecule has 0 bridgehead atoms. The molecule has 40 heavy (non-hydrogen) atoms. The van der Waals surface area contributed by atoms with Gasteiger partial charge in [-0.15, -0.1) is 0 Å². The van der Waals surface area contributed by atoms with E-state index in [2.05, 4.69) is 110 Å². The van der Waals surface area contributed by atoms with Crippen LogP contribution in [-0.2, 0) is 11.3 Å². The first kappa shape index (κ1) is 27.0. The van der Waals surface area contributed by atoms with E-state index in [1.54, 1.807) is 0 Å².